The van der Waals surface area contributed by atoms with E-state index in [-0.39, 0.29) is 24.8 Å². The standard InChI is InChI=1S/C11H14ClF2NO2/c12-9-3-1-2-8(7-17)11(9)15(4-5-16)6-10(13)14/h1-3,10,16-17H,4-7H2. The molecule has 96 valence electrons. The van der Waals surface area contributed by atoms with Crippen molar-refractivity contribution in [3.05, 3.63) is 28.8 Å². The molecule has 0 aromatic heterocycles. The second-order valence-electron chi connectivity index (χ2n) is 3.47. The highest BCUT2D eigenvalue weighted by atomic mass is 35.5. The molecule has 0 saturated heterocycles. The molecule has 17 heavy (non-hydrogen) atoms. The lowest BCUT2D eigenvalue weighted by Crippen LogP contribution is -2.32. The van der Waals surface area contributed by atoms with Crippen molar-refractivity contribution in [1.29, 1.82) is 0 Å². The first-order valence-corrected chi connectivity index (χ1v) is 5.50. The van der Waals surface area contributed by atoms with Gasteiger partial charge in [-0.3, -0.25) is 0 Å². The second kappa shape index (κ2) is 6.74. The fraction of sp³-hybridized carbons (Fsp3) is 0.455. The molecule has 0 aliphatic carbocycles. The maximum Gasteiger partial charge on any atom is 0.255 e. The van der Waals surface area contributed by atoms with Gasteiger partial charge in [-0.2, -0.15) is 0 Å². The molecule has 0 fully saturated rings. The lowest BCUT2D eigenvalue weighted by atomic mass is 10.1. The minimum absolute atomic E-state index is 0.0427. The molecule has 1 rings (SSSR count). The summed E-state index contributed by atoms with van der Waals surface area (Å²) in [5.41, 5.74) is 0.817. The number of hydrogen-bond acceptors (Lipinski definition) is 3. The summed E-state index contributed by atoms with van der Waals surface area (Å²) in [6.45, 7) is -1.04. The molecule has 0 aliphatic rings. The molecule has 3 nitrogen and oxygen atoms in total. The smallest absolute Gasteiger partial charge is 0.255 e. The maximum absolute atomic E-state index is 12.4. The molecule has 1 aromatic rings. The third-order valence-electron chi connectivity index (χ3n) is 2.29. The molecular formula is C11H14ClF2NO2. The Morgan fingerprint density at radius 2 is 2.00 bits per heavy atom. The van der Waals surface area contributed by atoms with Crippen LogP contribution in [-0.2, 0) is 6.61 Å². The van der Waals surface area contributed by atoms with Crippen LogP contribution in [0.25, 0.3) is 0 Å². The van der Waals surface area contributed by atoms with E-state index in [9.17, 15) is 8.78 Å². The molecule has 6 heteroatoms. The van der Waals surface area contributed by atoms with Gasteiger partial charge in [0.2, 0.25) is 0 Å². The predicted molar refractivity (Wildman–Crippen MR) is 62.7 cm³/mol. The van der Waals surface area contributed by atoms with Gasteiger partial charge in [-0.05, 0) is 6.07 Å². The third kappa shape index (κ3) is 3.80. The number of para-hydroxylation sites is 1. The summed E-state index contributed by atoms with van der Waals surface area (Å²) in [5, 5.41) is 18.3. The Morgan fingerprint density at radius 1 is 1.29 bits per heavy atom. The van der Waals surface area contributed by atoms with E-state index in [1.807, 2.05) is 0 Å². The van der Waals surface area contributed by atoms with Crippen LogP contribution in [0.5, 0.6) is 0 Å². The van der Waals surface area contributed by atoms with Crippen molar-refractivity contribution < 1.29 is 19.0 Å². The van der Waals surface area contributed by atoms with Crippen LogP contribution >= 0.6 is 11.6 Å². The first kappa shape index (κ1) is 14.2. The predicted octanol–water partition coefficient (Wildman–Crippen LogP) is 1.90. The van der Waals surface area contributed by atoms with Gasteiger partial charge in [0.25, 0.3) is 6.43 Å². The highest BCUT2D eigenvalue weighted by molar-refractivity contribution is 6.33. The topological polar surface area (TPSA) is 43.7 Å². The summed E-state index contributed by atoms with van der Waals surface area (Å²) in [6, 6.07) is 4.81. The van der Waals surface area contributed by atoms with Crippen molar-refractivity contribution in [1.82, 2.24) is 0 Å². The van der Waals surface area contributed by atoms with Crippen LogP contribution in [0.4, 0.5) is 14.5 Å². The van der Waals surface area contributed by atoms with Gasteiger partial charge < -0.3 is 15.1 Å². The van der Waals surface area contributed by atoms with Crippen molar-refractivity contribution in [2.45, 2.75) is 13.0 Å². The Labute approximate surface area is 103 Å². The molecule has 0 aliphatic heterocycles. The van der Waals surface area contributed by atoms with E-state index < -0.39 is 13.0 Å². The molecule has 0 heterocycles. The lowest BCUT2D eigenvalue weighted by molar-refractivity contribution is 0.152. The van der Waals surface area contributed by atoms with E-state index in [0.29, 0.717) is 11.3 Å². The van der Waals surface area contributed by atoms with Crippen LogP contribution in [0.1, 0.15) is 5.56 Å². The third-order valence-corrected chi connectivity index (χ3v) is 2.59. The van der Waals surface area contributed by atoms with Gasteiger partial charge in [-0.1, -0.05) is 23.7 Å². The van der Waals surface area contributed by atoms with Gasteiger partial charge in [0, 0.05) is 12.1 Å². The highest BCUT2D eigenvalue weighted by Gasteiger charge is 2.17. The van der Waals surface area contributed by atoms with Gasteiger partial charge >= 0.3 is 0 Å². The Hall–Kier alpha value is -0.910. The first-order chi connectivity index (χ1) is 8.10. The van der Waals surface area contributed by atoms with Gasteiger partial charge in [0.1, 0.15) is 0 Å². The summed E-state index contributed by atoms with van der Waals surface area (Å²) < 4.78 is 24.9. The zero-order valence-corrected chi connectivity index (χ0v) is 9.87. The monoisotopic (exact) mass is 265 g/mol. The van der Waals surface area contributed by atoms with Crippen LogP contribution < -0.4 is 4.90 Å². The molecular weight excluding hydrogens is 252 g/mol. The first-order valence-electron chi connectivity index (χ1n) is 5.12. The van der Waals surface area contributed by atoms with Gasteiger partial charge in [0.15, 0.2) is 0 Å². The fourth-order valence-electron chi connectivity index (χ4n) is 1.62. The van der Waals surface area contributed by atoms with Crippen molar-refractivity contribution in [2.75, 3.05) is 24.6 Å². The zero-order valence-electron chi connectivity index (χ0n) is 9.11. The summed E-state index contributed by atoms with van der Waals surface area (Å²) in [6.07, 6.45) is -2.54. The molecule has 2 N–H and O–H groups in total. The van der Waals surface area contributed by atoms with Gasteiger partial charge in [-0.15, -0.1) is 0 Å². The summed E-state index contributed by atoms with van der Waals surface area (Å²) in [5.74, 6) is 0. The van der Waals surface area contributed by atoms with Crippen molar-refractivity contribution in [3.63, 3.8) is 0 Å². The zero-order chi connectivity index (χ0) is 12.8. The average Bonchev–Trinajstić information content (AvgIpc) is 2.27. The van der Waals surface area contributed by atoms with E-state index in [1.165, 1.54) is 4.90 Å². The van der Waals surface area contributed by atoms with Gasteiger partial charge in [0.05, 0.1) is 30.5 Å². The quantitative estimate of drug-likeness (QED) is 0.826. The van der Waals surface area contributed by atoms with E-state index in [4.69, 9.17) is 21.8 Å². The number of rotatable bonds is 6. The highest BCUT2D eigenvalue weighted by Crippen LogP contribution is 2.30. The number of aliphatic hydroxyl groups is 2. The van der Waals surface area contributed by atoms with Crippen LogP contribution in [0, 0.1) is 0 Å². The van der Waals surface area contributed by atoms with Crippen molar-refractivity contribution in [3.8, 4) is 0 Å². The Bertz CT molecular complexity index is 363. The number of benzene rings is 1. The lowest BCUT2D eigenvalue weighted by Gasteiger charge is -2.26. The van der Waals surface area contributed by atoms with Crippen molar-refractivity contribution >= 4 is 17.3 Å². The van der Waals surface area contributed by atoms with Crippen LogP contribution in [-0.4, -0.2) is 36.3 Å². The molecule has 0 spiro atoms. The molecule has 1 aromatic carbocycles. The Kier molecular flexibility index (Phi) is 5.61. The van der Waals surface area contributed by atoms with Crippen LogP contribution in [0.2, 0.25) is 5.02 Å². The maximum atomic E-state index is 12.4. The van der Waals surface area contributed by atoms with E-state index in [2.05, 4.69) is 0 Å². The van der Waals surface area contributed by atoms with Gasteiger partial charge in [-0.25, -0.2) is 8.78 Å². The van der Waals surface area contributed by atoms with E-state index >= 15 is 0 Å². The Morgan fingerprint density at radius 3 is 2.53 bits per heavy atom. The number of nitrogens with zero attached hydrogens (tertiary/aromatic N) is 1. The van der Waals surface area contributed by atoms with Crippen molar-refractivity contribution in [2.24, 2.45) is 0 Å². The average molecular weight is 266 g/mol. The molecule has 0 radical (unpaired) electrons. The minimum Gasteiger partial charge on any atom is -0.395 e. The molecule has 0 saturated carbocycles. The number of alkyl halides is 2. The molecule has 0 bridgehead atoms. The largest absolute Gasteiger partial charge is 0.395 e. The summed E-state index contributed by atoms with van der Waals surface area (Å²) in [7, 11) is 0. The van der Waals surface area contributed by atoms with E-state index in [1.54, 1.807) is 18.2 Å². The summed E-state index contributed by atoms with van der Waals surface area (Å²) >= 11 is 5.94. The van der Waals surface area contributed by atoms with Crippen LogP contribution in [0.15, 0.2) is 18.2 Å². The molecule has 0 unspecified atom stereocenters. The molecule has 0 atom stereocenters. The number of anilines is 1. The Balaban J connectivity index is 3.07. The summed E-state index contributed by atoms with van der Waals surface area (Å²) in [4.78, 5) is 1.28. The number of hydrogen-bond donors (Lipinski definition) is 2. The molecule has 0 amide bonds. The second-order valence-corrected chi connectivity index (χ2v) is 3.87. The van der Waals surface area contributed by atoms with E-state index in [0.717, 1.165) is 0 Å². The minimum atomic E-state index is -2.54. The number of aliphatic hydroxyl groups excluding tert-OH is 2. The van der Waals surface area contributed by atoms with Crippen LogP contribution in [0.3, 0.4) is 0 Å². The fourth-order valence-corrected chi connectivity index (χ4v) is 1.94. The SMILES string of the molecule is OCCN(CC(F)F)c1c(Cl)cccc1CO. The number of halogens is 3. The normalized spacial score (nSPS) is 10.9.